The number of rotatable bonds is 9. The second kappa shape index (κ2) is 10.2. The number of carbonyl (C=O) groups excluding carboxylic acids is 2. The van der Waals surface area contributed by atoms with Crippen LogP contribution >= 0.6 is 0 Å². The van der Waals surface area contributed by atoms with Gasteiger partial charge in [-0.15, -0.1) is 0 Å². The summed E-state index contributed by atoms with van der Waals surface area (Å²) in [5, 5.41) is 2.75. The van der Waals surface area contributed by atoms with Gasteiger partial charge in [0.15, 0.2) is 0 Å². The lowest BCUT2D eigenvalue weighted by atomic mass is 10.1. The Morgan fingerprint density at radius 3 is 2.26 bits per heavy atom. The Balaban J connectivity index is 2.12. The summed E-state index contributed by atoms with van der Waals surface area (Å²) in [6, 6.07) is 11.6. The van der Waals surface area contributed by atoms with Crippen molar-refractivity contribution in [3.63, 3.8) is 0 Å². The van der Waals surface area contributed by atoms with Gasteiger partial charge in [-0.1, -0.05) is 12.1 Å². The molecule has 2 aromatic rings. The van der Waals surface area contributed by atoms with E-state index in [0.717, 1.165) is 0 Å². The average molecular weight is 373 g/mol. The van der Waals surface area contributed by atoms with Crippen LogP contribution in [0.2, 0.25) is 0 Å². The average Bonchev–Trinajstić information content (AvgIpc) is 2.70. The molecule has 0 radical (unpaired) electrons. The molecule has 2 rings (SSSR count). The highest BCUT2D eigenvalue weighted by Gasteiger charge is 2.18. The molecule has 0 fully saturated rings. The first-order valence-electron chi connectivity index (χ1n) is 8.48. The maximum absolute atomic E-state index is 12.7. The Hall–Kier alpha value is -3.06. The van der Waals surface area contributed by atoms with Crippen molar-refractivity contribution in [2.24, 2.45) is 0 Å². The topological polar surface area (TPSA) is 83.1 Å². The van der Waals surface area contributed by atoms with Crippen LogP contribution < -0.4 is 14.8 Å². The van der Waals surface area contributed by atoms with Gasteiger partial charge in [0.1, 0.15) is 23.7 Å². The Morgan fingerprint density at radius 1 is 0.963 bits per heavy atom. The van der Waals surface area contributed by atoms with Crippen molar-refractivity contribution in [3.05, 3.63) is 53.6 Å². The molecule has 0 aromatic heterocycles. The molecule has 0 saturated heterocycles. The highest BCUT2D eigenvalue weighted by Crippen LogP contribution is 2.29. The maximum atomic E-state index is 12.7. The molecule has 7 nitrogen and oxygen atoms in total. The molecule has 0 spiro atoms. The molecule has 0 aliphatic rings. The predicted molar refractivity (Wildman–Crippen MR) is 101 cm³/mol. The van der Waals surface area contributed by atoms with E-state index in [4.69, 9.17) is 18.9 Å². The summed E-state index contributed by atoms with van der Waals surface area (Å²) in [6.07, 6.45) is 0. The number of carbonyl (C=O) groups is 2. The van der Waals surface area contributed by atoms with Crippen LogP contribution in [0.15, 0.2) is 42.5 Å². The summed E-state index contributed by atoms with van der Waals surface area (Å²) in [5.74, 6) is -0.122. The molecule has 0 aliphatic carbocycles. The van der Waals surface area contributed by atoms with Gasteiger partial charge in [0, 0.05) is 12.3 Å². The smallest absolute Gasteiger partial charge is 0.338 e. The van der Waals surface area contributed by atoms with Gasteiger partial charge >= 0.3 is 5.97 Å². The van der Waals surface area contributed by atoms with Gasteiger partial charge in [-0.25, -0.2) is 4.79 Å². The van der Waals surface area contributed by atoms with E-state index in [-0.39, 0.29) is 12.2 Å². The highest BCUT2D eigenvalue weighted by atomic mass is 16.6. The van der Waals surface area contributed by atoms with Crippen molar-refractivity contribution in [1.29, 1.82) is 0 Å². The second-order valence-corrected chi connectivity index (χ2v) is 5.41. The zero-order chi connectivity index (χ0) is 19.6. The number of anilines is 1. The zero-order valence-electron chi connectivity index (χ0n) is 15.6. The van der Waals surface area contributed by atoms with Crippen LogP contribution in [0.1, 0.15) is 27.6 Å². The van der Waals surface area contributed by atoms with Crippen molar-refractivity contribution in [2.75, 3.05) is 39.4 Å². The van der Waals surface area contributed by atoms with Crippen LogP contribution in [0.25, 0.3) is 0 Å². The molecule has 144 valence electrons. The molecule has 0 bridgehead atoms. The van der Waals surface area contributed by atoms with Gasteiger partial charge in [0.25, 0.3) is 5.91 Å². The minimum Gasteiger partial charge on any atom is -0.496 e. The molecular weight excluding hydrogens is 350 g/mol. The minimum absolute atomic E-state index is 0.168. The molecule has 0 aliphatic heterocycles. The Bertz CT molecular complexity index is 768. The molecule has 2 aromatic carbocycles. The predicted octanol–water partition coefficient (Wildman–Crippen LogP) is 3.15. The second-order valence-electron chi connectivity index (χ2n) is 5.41. The van der Waals surface area contributed by atoms with E-state index in [1.807, 2.05) is 6.92 Å². The third-order valence-electron chi connectivity index (χ3n) is 3.68. The van der Waals surface area contributed by atoms with Gasteiger partial charge in [-0.2, -0.15) is 0 Å². The van der Waals surface area contributed by atoms with E-state index in [1.54, 1.807) is 42.5 Å². The Kier molecular flexibility index (Phi) is 7.63. The summed E-state index contributed by atoms with van der Waals surface area (Å²) in [4.78, 5) is 24.8. The van der Waals surface area contributed by atoms with E-state index >= 15 is 0 Å². The minimum atomic E-state index is -0.485. The first-order valence-corrected chi connectivity index (χ1v) is 8.48. The zero-order valence-corrected chi connectivity index (χ0v) is 15.6. The summed E-state index contributed by atoms with van der Waals surface area (Å²) in [5.41, 5.74) is 1.05. The summed E-state index contributed by atoms with van der Waals surface area (Å²) >= 11 is 0. The van der Waals surface area contributed by atoms with E-state index < -0.39 is 11.9 Å². The fraction of sp³-hybridized carbons (Fsp3) is 0.300. The number of benzene rings is 2. The van der Waals surface area contributed by atoms with Crippen molar-refractivity contribution in [3.8, 4) is 11.5 Å². The lowest BCUT2D eigenvalue weighted by Crippen LogP contribution is -2.15. The molecule has 1 N–H and O–H groups in total. The molecule has 0 unspecified atom stereocenters. The van der Waals surface area contributed by atoms with Crippen molar-refractivity contribution >= 4 is 17.6 Å². The van der Waals surface area contributed by atoms with Gasteiger partial charge in [0.05, 0.1) is 26.4 Å². The Morgan fingerprint density at radius 2 is 1.63 bits per heavy atom. The van der Waals surface area contributed by atoms with Gasteiger partial charge in [-0.3, -0.25) is 4.79 Å². The van der Waals surface area contributed by atoms with Crippen LogP contribution in [0, 0.1) is 0 Å². The molecule has 0 atom stereocenters. The molecular formula is C20H23NO6. The number of amides is 1. The van der Waals surface area contributed by atoms with Crippen molar-refractivity contribution < 1.29 is 28.5 Å². The van der Waals surface area contributed by atoms with E-state index in [2.05, 4.69) is 5.32 Å². The molecule has 0 saturated carbocycles. The third kappa shape index (κ3) is 5.46. The lowest BCUT2D eigenvalue weighted by molar-refractivity contribution is 0.0335. The fourth-order valence-corrected chi connectivity index (χ4v) is 2.41. The van der Waals surface area contributed by atoms with E-state index in [0.29, 0.717) is 36.0 Å². The number of nitrogens with one attached hydrogen (secondary N) is 1. The highest BCUT2D eigenvalue weighted by molar-refractivity contribution is 6.08. The van der Waals surface area contributed by atoms with Gasteiger partial charge in [0.2, 0.25) is 0 Å². The molecule has 0 heterocycles. The molecule has 7 heteroatoms. The van der Waals surface area contributed by atoms with Crippen LogP contribution in [0.5, 0.6) is 11.5 Å². The standard InChI is InChI=1S/C20H23NO6/c1-4-26-11-12-27-20(23)14-7-5-8-15(13-14)21-19(22)18-16(24-2)9-6-10-17(18)25-3/h5-10,13H,4,11-12H2,1-3H3,(H,21,22). The third-order valence-corrected chi connectivity index (χ3v) is 3.68. The lowest BCUT2D eigenvalue weighted by Gasteiger charge is -2.13. The van der Waals surface area contributed by atoms with Crippen LogP contribution in [-0.4, -0.2) is 45.9 Å². The SMILES string of the molecule is CCOCCOC(=O)c1cccc(NC(=O)c2c(OC)cccc2OC)c1. The van der Waals surface area contributed by atoms with E-state index in [1.165, 1.54) is 14.2 Å². The fourth-order valence-electron chi connectivity index (χ4n) is 2.41. The molecule has 1 amide bonds. The van der Waals surface area contributed by atoms with E-state index in [9.17, 15) is 9.59 Å². The summed E-state index contributed by atoms with van der Waals surface area (Å²) in [7, 11) is 2.95. The van der Waals surface area contributed by atoms with Gasteiger partial charge in [-0.05, 0) is 37.3 Å². The largest absolute Gasteiger partial charge is 0.496 e. The monoisotopic (exact) mass is 373 g/mol. The van der Waals surface area contributed by atoms with Crippen LogP contribution in [0.3, 0.4) is 0 Å². The summed E-state index contributed by atoms with van der Waals surface area (Å²) < 4.78 is 20.8. The first-order chi connectivity index (χ1) is 13.1. The van der Waals surface area contributed by atoms with Crippen molar-refractivity contribution in [1.82, 2.24) is 0 Å². The van der Waals surface area contributed by atoms with Crippen LogP contribution in [0.4, 0.5) is 5.69 Å². The number of methoxy groups -OCH3 is 2. The number of esters is 1. The first kappa shape index (κ1) is 20.3. The number of ether oxygens (including phenoxy) is 4. The van der Waals surface area contributed by atoms with Crippen molar-refractivity contribution in [2.45, 2.75) is 6.92 Å². The normalized spacial score (nSPS) is 10.2. The van der Waals surface area contributed by atoms with Crippen LogP contribution in [-0.2, 0) is 9.47 Å². The van der Waals surface area contributed by atoms with Gasteiger partial charge < -0.3 is 24.3 Å². The maximum Gasteiger partial charge on any atom is 0.338 e. The summed E-state index contributed by atoms with van der Waals surface area (Å²) in [6.45, 7) is 2.93. The quantitative estimate of drug-likeness (QED) is 0.537. The number of hydrogen-bond acceptors (Lipinski definition) is 6. The Labute approximate surface area is 158 Å². The molecule has 27 heavy (non-hydrogen) atoms. The number of hydrogen-bond donors (Lipinski definition) is 1.